The van der Waals surface area contributed by atoms with Gasteiger partial charge in [0.05, 0.1) is 12.1 Å². The molecule has 0 aliphatic carbocycles. The maximum atomic E-state index is 10.8. The number of ketones is 1. The molecule has 0 bridgehead atoms. The first-order valence-corrected chi connectivity index (χ1v) is 3.08. The summed E-state index contributed by atoms with van der Waals surface area (Å²) in [5.74, 6) is -1.33. The molecule has 0 atom stereocenters. The molecule has 0 saturated heterocycles. The van der Waals surface area contributed by atoms with Crippen LogP contribution in [0.2, 0.25) is 0 Å². The summed E-state index contributed by atoms with van der Waals surface area (Å²) >= 11 is 0. The molecule has 0 rings (SSSR count). The second-order valence-corrected chi connectivity index (χ2v) is 1.91. The fourth-order valence-corrected chi connectivity index (χ4v) is 0.564. The fraction of sp³-hybridized carbons (Fsp3) is 0.571. The lowest BCUT2D eigenvalue weighted by molar-refractivity contribution is -0.120. The zero-order valence-electron chi connectivity index (χ0n) is 5.79. The van der Waals surface area contributed by atoms with E-state index in [1.165, 1.54) is 0 Å². The van der Waals surface area contributed by atoms with Gasteiger partial charge in [-0.05, 0) is 6.42 Å². The van der Waals surface area contributed by atoms with E-state index < -0.39 is 5.92 Å². The summed E-state index contributed by atoms with van der Waals surface area (Å²) in [5, 5.41) is 16.5. The van der Waals surface area contributed by atoms with Crippen LogP contribution in [0.5, 0.6) is 0 Å². The molecule has 0 aliphatic heterocycles. The molecule has 0 unspecified atom stereocenters. The third-order valence-corrected chi connectivity index (χ3v) is 1.08. The quantitative estimate of drug-likeness (QED) is 0.581. The van der Waals surface area contributed by atoms with E-state index in [-0.39, 0.29) is 5.78 Å². The summed E-state index contributed by atoms with van der Waals surface area (Å²) in [6, 6.07) is 3.25. The van der Waals surface area contributed by atoms with Crippen molar-refractivity contribution in [2.24, 2.45) is 5.92 Å². The van der Waals surface area contributed by atoms with E-state index in [9.17, 15) is 4.79 Å². The van der Waals surface area contributed by atoms with Crippen molar-refractivity contribution in [3.8, 4) is 12.1 Å². The summed E-state index contributed by atoms with van der Waals surface area (Å²) < 4.78 is 0. The molecule has 10 heavy (non-hydrogen) atoms. The molecule has 0 saturated carbocycles. The molecule has 0 spiro atoms. The Morgan fingerprint density at radius 3 is 2.30 bits per heavy atom. The third kappa shape index (κ3) is 2.28. The maximum Gasteiger partial charge on any atom is 0.191 e. The average molecular weight is 136 g/mol. The standard InChI is InChI=1S/C7H8N2O/c1-2-3-7(10)6(4-8)5-9/h6H,2-3H2,1H3. The Hall–Kier alpha value is -1.35. The Bertz CT molecular complexity index is 183. The first kappa shape index (κ1) is 8.65. The van der Waals surface area contributed by atoms with Crippen LogP contribution in [0.4, 0.5) is 0 Å². The van der Waals surface area contributed by atoms with Gasteiger partial charge in [-0.25, -0.2) is 0 Å². The van der Waals surface area contributed by atoms with E-state index in [2.05, 4.69) is 0 Å². The lowest BCUT2D eigenvalue weighted by Crippen LogP contribution is -2.09. The lowest BCUT2D eigenvalue weighted by atomic mass is 10.0. The summed E-state index contributed by atoms with van der Waals surface area (Å²) in [6.45, 7) is 1.84. The summed E-state index contributed by atoms with van der Waals surface area (Å²) in [5.41, 5.74) is 0. The van der Waals surface area contributed by atoms with Gasteiger partial charge in [0.1, 0.15) is 0 Å². The van der Waals surface area contributed by atoms with Gasteiger partial charge in [0.25, 0.3) is 0 Å². The van der Waals surface area contributed by atoms with E-state index in [0.717, 1.165) is 0 Å². The molecule has 0 amide bonds. The minimum atomic E-state index is -1.06. The minimum absolute atomic E-state index is 0.271. The Morgan fingerprint density at radius 2 is 2.00 bits per heavy atom. The number of nitriles is 2. The first-order chi connectivity index (χ1) is 4.76. The number of rotatable bonds is 3. The van der Waals surface area contributed by atoms with Crippen LogP contribution >= 0.6 is 0 Å². The van der Waals surface area contributed by atoms with Gasteiger partial charge < -0.3 is 0 Å². The number of carbonyl (C=O) groups excluding carboxylic acids is 1. The van der Waals surface area contributed by atoms with Crippen molar-refractivity contribution in [1.29, 1.82) is 10.5 Å². The van der Waals surface area contributed by atoms with Gasteiger partial charge >= 0.3 is 0 Å². The van der Waals surface area contributed by atoms with E-state index in [4.69, 9.17) is 10.5 Å². The Kier molecular flexibility index (Phi) is 3.91. The molecule has 3 heteroatoms. The summed E-state index contributed by atoms with van der Waals surface area (Å²) in [4.78, 5) is 10.8. The van der Waals surface area contributed by atoms with Crippen molar-refractivity contribution in [3.05, 3.63) is 0 Å². The van der Waals surface area contributed by atoms with Crippen LogP contribution in [0.3, 0.4) is 0 Å². The second kappa shape index (κ2) is 4.52. The monoisotopic (exact) mass is 136 g/mol. The molecule has 0 radical (unpaired) electrons. The van der Waals surface area contributed by atoms with Crippen molar-refractivity contribution in [2.45, 2.75) is 19.8 Å². The van der Waals surface area contributed by atoms with Crippen LogP contribution in [0.25, 0.3) is 0 Å². The molecule has 0 heterocycles. The molecule has 0 fully saturated rings. The molecule has 0 aliphatic rings. The average Bonchev–Trinajstić information content (AvgIpc) is 1.91. The number of hydrogen-bond acceptors (Lipinski definition) is 3. The molecular formula is C7H8N2O. The number of Topliss-reactive ketones (excluding diaryl/α,β-unsaturated/α-hetero) is 1. The van der Waals surface area contributed by atoms with Crippen molar-refractivity contribution in [1.82, 2.24) is 0 Å². The zero-order chi connectivity index (χ0) is 7.98. The van der Waals surface area contributed by atoms with Crippen LogP contribution in [-0.4, -0.2) is 5.78 Å². The SMILES string of the molecule is CCCC(=O)C(C#N)C#N. The fourth-order valence-electron chi connectivity index (χ4n) is 0.564. The van der Waals surface area contributed by atoms with Gasteiger partial charge in [0, 0.05) is 6.42 Å². The van der Waals surface area contributed by atoms with E-state index in [1.807, 2.05) is 6.92 Å². The Labute approximate surface area is 59.9 Å². The van der Waals surface area contributed by atoms with Gasteiger partial charge in [-0.1, -0.05) is 6.92 Å². The summed E-state index contributed by atoms with van der Waals surface area (Å²) in [7, 11) is 0. The van der Waals surface area contributed by atoms with Crippen LogP contribution in [0.15, 0.2) is 0 Å². The van der Waals surface area contributed by atoms with E-state index in [1.54, 1.807) is 12.1 Å². The van der Waals surface area contributed by atoms with E-state index >= 15 is 0 Å². The molecule has 0 aromatic heterocycles. The van der Waals surface area contributed by atoms with E-state index in [0.29, 0.717) is 12.8 Å². The van der Waals surface area contributed by atoms with Crippen LogP contribution < -0.4 is 0 Å². The summed E-state index contributed by atoms with van der Waals surface area (Å²) in [6.07, 6.45) is 1.02. The highest BCUT2D eigenvalue weighted by molar-refractivity contribution is 5.85. The first-order valence-electron chi connectivity index (χ1n) is 3.08. The molecule has 52 valence electrons. The van der Waals surface area contributed by atoms with Gasteiger partial charge in [-0.3, -0.25) is 4.79 Å². The minimum Gasteiger partial charge on any atom is -0.297 e. The highest BCUT2D eigenvalue weighted by Gasteiger charge is 2.14. The molecule has 3 nitrogen and oxygen atoms in total. The van der Waals surface area contributed by atoms with Crippen LogP contribution in [-0.2, 0) is 4.79 Å². The molecular weight excluding hydrogens is 128 g/mol. The Morgan fingerprint density at radius 1 is 1.50 bits per heavy atom. The van der Waals surface area contributed by atoms with Gasteiger partial charge in [-0.2, -0.15) is 10.5 Å². The van der Waals surface area contributed by atoms with Crippen molar-refractivity contribution < 1.29 is 4.79 Å². The smallest absolute Gasteiger partial charge is 0.191 e. The lowest BCUT2D eigenvalue weighted by Gasteiger charge is -1.94. The number of hydrogen-bond donors (Lipinski definition) is 0. The van der Waals surface area contributed by atoms with Crippen LogP contribution in [0, 0.1) is 28.6 Å². The Balaban J connectivity index is 3.96. The molecule has 0 aromatic carbocycles. The van der Waals surface area contributed by atoms with Crippen LogP contribution in [0.1, 0.15) is 19.8 Å². The zero-order valence-corrected chi connectivity index (χ0v) is 5.79. The maximum absolute atomic E-state index is 10.8. The highest BCUT2D eigenvalue weighted by Crippen LogP contribution is 2.00. The van der Waals surface area contributed by atoms with Crippen molar-refractivity contribution in [3.63, 3.8) is 0 Å². The molecule has 0 N–H and O–H groups in total. The predicted molar refractivity (Wildman–Crippen MR) is 34.6 cm³/mol. The molecule has 0 aromatic rings. The van der Waals surface area contributed by atoms with Crippen molar-refractivity contribution in [2.75, 3.05) is 0 Å². The number of carbonyl (C=O) groups is 1. The predicted octanol–water partition coefficient (Wildman–Crippen LogP) is 1.02. The van der Waals surface area contributed by atoms with Gasteiger partial charge in [-0.15, -0.1) is 0 Å². The highest BCUT2D eigenvalue weighted by atomic mass is 16.1. The normalized spacial score (nSPS) is 8.40. The topological polar surface area (TPSA) is 64.7 Å². The van der Waals surface area contributed by atoms with Gasteiger partial charge in [0.15, 0.2) is 11.7 Å². The largest absolute Gasteiger partial charge is 0.297 e. The third-order valence-electron chi connectivity index (χ3n) is 1.08. The second-order valence-electron chi connectivity index (χ2n) is 1.91. The van der Waals surface area contributed by atoms with Gasteiger partial charge in [0.2, 0.25) is 0 Å². The number of nitrogens with zero attached hydrogens (tertiary/aromatic N) is 2. The van der Waals surface area contributed by atoms with Crippen molar-refractivity contribution >= 4 is 5.78 Å².